The van der Waals surface area contributed by atoms with E-state index in [1.165, 1.54) is 6.07 Å². The Morgan fingerprint density at radius 2 is 1.86 bits per heavy atom. The van der Waals surface area contributed by atoms with Crippen LogP contribution in [0.3, 0.4) is 0 Å². The van der Waals surface area contributed by atoms with Gasteiger partial charge in [-0.15, -0.1) is 0 Å². The third-order valence-corrected chi connectivity index (χ3v) is 6.07. The smallest absolute Gasteiger partial charge is 0.324 e. The number of rotatable bonds is 8. The molecular formula is C14H18N2O11S. The van der Waals surface area contributed by atoms with Crippen LogP contribution in [0.15, 0.2) is 29.2 Å². The minimum absolute atomic E-state index is 0.0429. The molecule has 1 aromatic carbocycles. The second kappa shape index (κ2) is 8.44. The Morgan fingerprint density at radius 1 is 1.25 bits per heavy atom. The summed E-state index contributed by atoms with van der Waals surface area (Å²) in [5.41, 5.74) is -0.874. The van der Waals surface area contributed by atoms with Crippen LogP contribution < -0.4 is 0 Å². The molecule has 1 saturated heterocycles. The zero-order chi connectivity index (χ0) is 21.2. The maximum Gasteiger partial charge on any atom is 0.324 e. The summed E-state index contributed by atoms with van der Waals surface area (Å²) in [7, 11) is -5.03. The highest BCUT2D eigenvalue weighted by Gasteiger charge is 2.53. The summed E-state index contributed by atoms with van der Waals surface area (Å²) in [4.78, 5) is 20.8. The van der Waals surface area contributed by atoms with Gasteiger partial charge in [-0.05, 0) is 6.07 Å². The summed E-state index contributed by atoms with van der Waals surface area (Å²) in [5.74, 6) is -1.83. The van der Waals surface area contributed by atoms with Gasteiger partial charge in [0.2, 0.25) is 0 Å². The molecule has 1 fully saturated rings. The Labute approximate surface area is 158 Å². The van der Waals surface area contributed by atoms with Crippen LogP contribution in [-0.4, -0.2) is 92.9 Å². The van der Waals surface area contributed by atoms with Crippen molar-refractivity contribution < 1.29 is 48.4 Å². The minimum atomic E-state index is -5.03. The maximum absolute atomic E-state index is 13.1. The van der Waals surface area contributed by atoms with E-state index in [-0.39, 0.29) is 4.31 Å². The van der Waals surface area contributed by atoms with E-state index in [9.17, 15) is 48.9 Å². The molecule has 0 unspecified atom stereocenters. The lowest BCUT2D eigenvalue weighted by molar-refractivity contribution is -0.387. The number of aliphatic hydroxyl groups is 4. The van der Waals surface area contributed by atoms with Gasteiger partial charge in [-0.2, -0.15) is 4.31 Å². The number of carbonyl (C=O) groups is 1. The Balaban J connectivity index is 2.66. The predicted molar refractivity (Wildman–Crippen MR) is 88.4 cm³/mol. The van der Waals surface area contributed by atoms with Crippen molar-refractivity contribution in [2.45, 2.75) is 35.5 Å². The first-order valence-corrected chi connectivity index (χ1v) is 9.25. The molecule has 0 bridgehead atoms. The number of carboxylic acids is 1. The average molecular weight is 422 g/mol. The monoisotopic (exact) mass is 422 g/mol. The largest absolute Gasteiger partial charge is 0.480 e. The number of benzene rings is 1. The molecule has 0 spiro atoms. The first-order valence-electron chi connectivity index (χ1n) is 7.81. The highest BCUT2D eigenvalue weighted by molar-refractivity contribution is 7.89. The number of aliphatic hydroxyl groups excluding tert-OH is 4. The van der Waals surface area contributed by atoms with Crippen molar-refractivity contribution in [3.63, 3.8) is 0 Å². The number of aliphatic carboxylic acids is 1. The van der Waals surface area contributed by atoms with E-state index < -0.39 is 75.3 Å². The summed E-state index contributed by atoms with van der Waals surface area (Å²) >= 11 is 0. The molecule has 0 saturated carbocycles. The van der Waals surface area contributed by atoms with Gasteiger partial charge in [-0.25, -0.2) is 8.42 Å². The average Bonchev–Trinajstić information content (AvgIpc) is 2.93. The van der Waals surface area contributed by atoms with Crippen molar-refractivity contribution >= 4 is 21.7 Å². The number of carboxylic acid groups (broad SMARTS) is 1. The van der Waals surface area contributed by atoms with E-state index in [4.69, 9.17) is 4.74 Å². The van der Waals surface area contributed by atoms with Gasteiger partial charge in [-0.1, -0.05) is 12.1 Å². The van der Waals surface area contributed by atoms with Gasteiger partial charge < -0.3 is 30.3 Å². The van der Waals surface area contributed by atoms with Crippen LogP contribution in [0.1, 0.15) is 0 Å². The number of sulfonamides is 1. The summed E-state index contributed by atoms with van der Waals surface area (Å²) in [5, 5.41) is 59.1. The van der Waals surface area contributed by atoms with Crippen molar-refractivity contribution in [1.82, 2.24) is 4.31 Å². The number of hydrogen-bond donors (Lipinski definition) is 5. The molecule has 1 aliphatic rings. The van der Waals surface area contributed by atoms with Crippen LogP contribution in [0.25, 0.3) is 0 Å². The van der Waals surface area contributed by atoms with Crippen LogP contribution >= 0.6 is 0 Å². The second-order valence-electron chi connectivity index (χ2n) is 5.83. The summed E-state index contributed by atoms with van der Waals surface area (Å²) in [6.07, 6.45) is -7.25. The van der Waals surface area contributed by atoms with E-state index in [0.717, 1.165) is 18.2 Å². The van der Waals surface area contributed by atoms with Crippen LogP contribution in [0.5, 0.6) is 0 Å². The fourth-order valence-corrected chi connectivity index (χ4v) is 4.60. The number of nitro benzene ring substituents is 1. The summed E-state index contributed by atoms with van der Waals surface area (Å²) in [6, 6.07) is 1.86. The van der Waals surface area contributed by atoms with Gasteiger partial charge in [0, 0.05) is 6.07 Å². The molecule has 5 atom stereocenters. The van der Waals surface area contributed by atoms with Gasteiger partial charge in [0.1, 0.15) is 24.4 Å². The van der Waals surface area contributed by atoms with Gasteiger partial charge >= 0.3 is 5.97 Å². The van der Waals surface area contributed by atoms with Gasteiger partial charge in [0.15, 0.2) is 11.1 Å². The topological polar surface area (TPSA) is 208 Å². The number of nitrogens with zero attached hydrogens (tertiary/aromatic N) is 2. The summed E-state index contributed by atoms with van der Waals surface area (Å²) in [6.45, 7) is -2.09. The van der Waals surface area contributed by atoms with Crippen molar-refractivity contribution in [3.8, 4) is 0 Å². The standard InChI is InChI=1S/C14H18N2O11S/c17-5-8(14(21)22)15(13-12(20)11(19)9(6-18)27-13)28(25,26)10-4-2-1-3-7(10)16(23)24/h1-4,8-9,11-13,17-20H,5-6H2,(H,21,22)/t8-,9-,11-,12+,13-/m0/s1. The first kappa shape index (κ1) is 22.1. The van der Waals surface area contributed by atoms with Gasteiger partial charge in [-0.3, -0.25) is 14.9 Å². The molecule has 14 heteroatoms. The molecule has 2 rings (SSSR count). The van der Waals surface area contributed by atoms with Crippen molar-refractivity contribution in [2.24, 2.45) is 0 Å². The molecule has 13 nitrogen and oxygen atoms in total. The fourth-order valence-electron chi connectivity index (χ4n) is 2.78. The summed E-state index contributed by atoms with van der Waals surface area (Å²) < 4.78 is 31.4. The normalized spacial score (nSPS) is 26.3. The zero-order valence-corrected chi connectivity index (χ0v) is 14.9. The molecule has 0 aromatic heterocycles. The molecule has 1 aliphatic heterocycles. The van der Waals surface area contributed by atoms with Crippen LogP contribution in [0.2, 0.25) is 0 Å². The lowest BCUT2D eigenvalue weighted by atomic mass is 10.1. The zero-order valence-electron chi connectivity index (χ0n) is 14.1. The highest BCUT2D eigenvalue weighted by Crippen LogP contribution is 2.33. The van der Waals surface area contributed by atoms with Gasteiger partial charge in [0.25, 0.3) is 15.7 Å². The third kappa shape index (κ3) is 3.83. The van der Waals surface area contributed by atoms with E-state index in [1.807, 2.05) is 0 Å². The quantitative estimate of drug-likeness (QED) is 0.218. The lowest BCUT2D eigenvalue weighted by Crippen LogP contribution is -2.56. The Hall–Kier alpha value is -2.20. The maximum atomic E-state index is 13.1. The Kier molecular flexibility index (Phi) is 6.66. The van der Waals surface area contributed by atoms with E-state index >= 15 is 0 Å². The van der Waals surface area contributed by atoms with E-state index in [0.29, 0.717) is 0 Å². The van der Waals surface area contributed by atoms with E-state index in [1.54, 1.807) is 0 Å². The number of para-hydroxylation sites is 1. The molecule has 156 valence electrons. The molecule has 0 amide bonds. The third-order valence-electron chi connectivity index (χ3n) is 4.15. The SMILES string of the molecule is O=C(O)[C@H](CO)N([C@H]1O[C@@H](CO)[C@H](O)[C@H]1O)S(=O)(=O)c1ccccc1[N+](=O)[O-]. The first-order chi connectivity index (χ1) is 13.1. The van der Waals surface area contributed by atoms with Crippen LogP contribution in [0.4, 0.5) is 5.69 Å². The highest BCUT2D eigenvalue weighted by atomic mass is 32.2. The molecular weight excluding hydrogens is 404 g/mol. The molecule has 28 heavy (non-hydrogen) atoms. The Bertz CT molecular complexity index is 845. The molecule has 5 N–H and O–H groups in total. The van der Waals surface area contributed by atoms with Gasteiger partial charge in [0.05, 0.1) is 18.1 Å². The molecule has 0 aliphatic carbocycles. The Morgan fingerprint density at radius 3 is 2.32 bits per heavy atom. The van der Waals surface area contributed by atoms with Crippen LogP contribution in [-0.2, 0) is 19.6 Å². The van der Waals surface area contributed by atoms with Crippen molar-refractivity contribution in [1.29, 1.82) is 0 Å². The van der Waals surface area contributed by atoms with E-state index in [2.05, 4.69) is 0 Å². The molecule has 1 heterocycles. The second-order valence-corrected chi connectivity index (χ2v) is 7.64. The lowest BCUT2D eigenvalue weighted by Gasteiger charge is -2.32. The minimum Gasteiger partial charge on any atom is -0.480 e. The molecule has 0 radical (unpaired) electrons. The van der Waals surface area contributed by atoms with Crippen molar-refractivity contribution in [3.05, 3.63) is 34.4 Å². The predicted octanol–water partition coefficient (Wildman–Crippen LogP) is -2.53. The molecule has 1 aromatic rings. The van der Waals surface area contributed by atoms with Crippen LogP contribution in [0, 0.1) is 10.1 Å². The fraction of sp³-hybridized carbons (Fsp3) is 0.500. The number of nitro groups is 1. The number of ether oxygens (including phenoxy) is 1. The number of hydrogen-bond acceptors (Lipinski definition) is 10. The van der Waals surface area contributed by atoms with Crippen molar-refractivity contribution in [2.75, 3.05) is 13.2 Å².